The summed E-state index contributed by atoms with van der Waals surface area (Å²) in [5, 5.41) is 8.82. The number of aromatic nitrogens is 2. The van der Waals surface area contributed by atoms with Gasteiger partial charge in [-0.25, -0.2) is 9.59 Å². The minimum atomic E-state index is -1.14. The summed E-state index contributed by atoms with van der Waals surface area (Å²) >= 11 is 0. The highest BCUT2D eigenvalue weighted by Gasteiger charge is 2.14. The van der Waals surface area contributed by atoms with Crippen molar-refractivity contribution < 1.29 is 14.3 Å². The van der Waals surface area contributed by atoms with Crippen LogP contribution in [0.15, 0.2) is 33.9 Å². The summed E-state index contributed by atoms with van der Waals surface area (Å²) in [6.07, 6.45) is 4.51. The molecule has 0 bridgehead atoms. The zero-order chi connectivity index (χ0) is 11.7. The first-order valence-corrected chi connectivity index (χ1v) is 4.61. The van der Waals surface area contributed by atoms with Crippen LogP contribution in [0, 0.1) is 0 Å². The third-order valence-electron chi connectivity index (χ3n) is 2.30. The van der Waals surface area contributed by atoms with Gasteiger partial charge in [-0.2, -0.15) is 0 Å². The molecule has 2 rings (SSSR count). The number of hydrogen-bond donors (Lipinski definition) is 1. The minimum absolute atomic E-state index is 0.129. The Morgan fingerprint density at radius 2 is 2.25 bits per heavy atom. The van der Waals surface area contributed by atoms with Crippen molar-refractivity contribution in [3.05, 3.63) is 46.5 Å². The van der Waals surface area contributed by atoms with E-state index in [1.807, 2.05) is 0 Å². The molecule has 0 unspecified atom stereocenters. The predicted octanol–water partition coefficient (Wildman–Crippen LogP) is 0.526. The van der Waals surface area contributed by atoms with Crippen LogP contribution in [0.25, 0.3) is 0 Å². The van der Waals surface area contributed by atoms with Crippen LogP contribution in [0.4, 0.5) is 0 Å². The summed E-state index contributed by atoms with van der Waals surface area (Å²) in [5.41, 5.74) is 0.276. The Morgan fingerprint density at radius 1 is 1.50 bits per heavy atom. The quantitative estimate of drug-likeness (QED) is 0.821. The molecular formula is C10H10N2O4. The van der Waals surface area contributed by atoms with E-state index in [0.29, 0.717) is 5.56 Å². The molecule has 0 spiro atoms. The van der Waals surface area contributed by atoms with Gasteiger partial charge >= 0.3 is 11.7 Å². The molecule has 0 aliphatic carbocycles. The Balaban J connectivity index is 2.34. The maximum atomic E-state index is 11.5. The van der Waals surface area contributed by atoms with Crippen molar-refractivity contribution in [3.8, 4) is 0 Å². The topological polar surface area (TPSA) is 77.4 Å². The first-order valence-electron chi connectivity index (χ1n) is 4.61. The van der Waals surface area contributed by atoms with Crippen molar-refractivity contribution in [2.45, 2.75) is 6.54 Å². The average molecular weight is 222 g/mol. The predicted molar refractivity (Wildman–Crippen MR) is 54.4 cm³/mol. The summed E-state index contributed by atoms with van der Waals surface area (Å²) in [6.45, 7) is 0.192. The van der Waals surface area contributed by atoms with Crippen LogP contribution >= 0.6 is 0 Å². The van der Waals surface area contributed by atoms with Crippen molar-refractivity contribution >= 4 is 5.97 Å². The molecular weight excluding hydrogens is 212 g/mol. The highest BCUT2D eigenvalue weighted by molar-refractivity contribution is 5.86. The van der Waals surface area contributed by atoms with E-state index in [0.717, 1.165) is 0 Å². The molecule has 0 saturated heterocycles. The molecule has 0 atom stereocenters. The van der Waals surface area contributed by atoms with Crippen molar-refractivity contribution in [1.82, 2.24) is 9.13 Å². The van der Waals surface area contributed by atoms with Crippen LogP contribution in [0.1, 0.15) is 16.1 Å². The standard InChI is InChI=1S/C10H10N2O4/c1-11-3-4-12(10(11)15)6-7-2-5-16-8(7)9(13)14/h2-5H,6H2,1H3,(H,13,14). The largest absolute Gasteiger partial charge is 0.475 e. The van der Waals surface area contributed by atoms with Crippen molar-refractivity contribution in [3.63, 3.8) is 0 Å². The average Bonchev–Trinajstić information content (AvgIpc) is 2.80. The number of aryl methyl sites for hydroxylation is 1. The van der Waals surface area contributed by atoms with Gasteiger partial charge in [-0.05, 0) is 6.07 Å². The highest BCUT2D eigenvalue weighted by atomic mass is 16.4. The molecule has 6 nitrogen and oxygen atoms in total. The van der Waals surface area contributed by atoms with E-state index in [1.54, 1.807) is 25.5 Å². The molecule has 2 aromatic heterocycles. The van der Waals surface area contributed by atoms with E-state index in [2.05, 4.69) is 0 Å². The van der Waals surface area contributed by atoms with E-state index < -0.39 is 5.97 Å². The smallest absolute Gasteiger partial charge is 0.372 e. The van der Waals surface area contributed by atoms with Gasteiger partial charge in [0.15, 0.2) is 0 Å². The lowest BCUT2D eigenvalue weighted by Crippen LogP contribution is -2.22. The van der Waals surface area contributed by atoms with E-state index in [4.69, 9.17) is 9.52 Å². The Hall–Kier alpha value is -2.24. The normalized spacial score (nSPS) is 10.6. The van der Waals surface area contributed by atoms with Gasteiger partial charge < -0.3 is 14.1 Å². The fraction of sp³-hybridized carbons (Fsp3) is 0.200. The van der Waals surface area contributed by atoms with Gasteiger partial charge in [0.2, 0.25) is 5.76 Å². The molecule has 84 valence electrons. The number of carbonyl (C=O) groups is 1. The Labute approximate surface area is 90.3 Å². The second kappa shape index (κ2) is 3.73. The number of rotatable bonds is 3. The lowest BCUT2D eigenvalue weighted by Gasteiger charge is -1.99. The molecule has 6 heteroatoms. The van der Waals surface area contributed by atoms with E-state index in [1.165, 1.54) is 15.4 Å². The second-order valence-corrected chi connectivity index (χ2v) is 3.40. The van der Waals surface area contributed by atoms with Gasteiger partial charge in [0.05, 0.1) is 12.8 Å². The van der Waals surface area contributed by atoms with Crippen LogP contribution in [0.2, 0.25) is 0 Å². The number of aromatic carboxylic acids is 1. The summed E-state index contributed by atoms with van der Waals surface area (Å²) in [7, 11) is 1.63. The SMILES string of the molecule is Cn1ccn(Cc2ccoc2C(=O)O)c1=O. The third-order valence-corrected chi connectivity index (χ3v) is 2.30. The fourth-order valence-electron chi connectivity index (χ4n) is 1.46. The molecule has 1 N–H and O–H groups in total. The molecule has 16 heavy (non-hydrogen) atoms. The number of carboxylic acids is 1. The van der Waals surface area contributed by atoms with E-state index in [9.17, 15) is 9.59 Å². The van der Waals surface area contributed by atoms with Crippen molar-refractivity contribution in [2.24, 2.45) is 7.05 Å². The number of furan rings is 1. The maximum Gasteiger partial charge on any atom is 0.372 e. The number of hydrogen-bond acceptors (Lipinski definition) is 3. The molecule has 0 aliphatic rings. The first kappa shape index (κ1) is 10.3. The lowest BCUT2D eigenvalue weighted by atomic mass is 10.2. The zero-order valence-corrected chi connectivity index (χ0v) is 8.58. The zero-order valence-electron chi connectivity index (χ0n) is 8.58. The van der Waals surface area contributed by atoms with Crippen LogP contribution in [-0.2, 0) is 13.6 Å². The van der Waals surface area contributed by atoms with Crippen molar-refractivity contribution in [2.75, 3.05) is 0 Å². The molecule has 0 saturated carbocycles. The van der Waals surface area contributed by atoms with Crippen LogP contribution in [0.5, 0.6) is 0 Å². The molecule has 2 heterocycles. The molecule has 0 aliphatic heterocycles. The Bertz CT molecular complexity index is 576. The Morgan fingerprint density at radius 3 is 2.81 bits per heavy atom. The summed E-state index contributed by atoms with van der Waals surface area (Å²) < 4.78 is 7.65. The van der Waals surface area contributed by atoms with E-state index >= 15 is 0 Å². The number of imidazole rings is 1. The first-order chi connectivity index (χ1) is 7.59. The van der Waals surface area contributed by atoms with Gasteiger partial charge in [0.25, 0.3) is 0 Å². The molecule has 2 aromatic rings. The second-order valence-electron chi connectivity index (χ2n) is 3.40. The van der Waals surface area contributed by atoms with Crippen LogP contribution in [-0.4, -0.2) is 20.2 Å². The molecule has 0 amide bonds. The van der Waals surface area contributed by atoms with Gasteiger partial charge in [0, 0.05) is 25.0 Å². The van der Waals surface area contributed by atoms with Crippen LogP contribution in [0.3, 0.4) is 0 Å². The summed E-state index contributed by atoms with van der Waals surface area (Å²) in [6, 6.07) is 1.54. The number of nitrogens with zero attached hydrogens (tertiary/aromatic N) is 2. The molecule has 0 aromatic carbocycles. The maximum absolute atomic E-state index is 11.5. The fourth-order valence-corrected chi connectivity index (χ4v) is 1.46. The van der Waals surface area contributed by atoms with Gasteiger partial charge in [-0.1, -0.05) is 0 Å². The van der Waals surface area contributed by atoms with E-state index in [-0.39, 0.29) is 18.0 Å². The third kappa shape index (κ3) is 1.65. The van der Waals surface area contributed by atoms with Gasteiger partial charge in [0.1, 0.15) is 0 Å². The highest BCUT2D eigenvalue weighted by Crippen LogP contribution is 2.11. The molecule has 0 radical (unpaired) electrons. The lowest BCUT2D eigenvalue weighted by molar-refractivity contribution is 0.0660. The summed E-state index contributed by atoms with van der Waals surface area (Å²) in [4.78, 5) is 22.3. The van der Waals surface area contributed by atoms with Gasteiger partial charge in [-0.3, -0.25) is 4.57 Å². The Kier molecular flexibility index (Phi) is 2.40. The van der Waals surface area contributed by atoms with Crippen molar-refractivity contribution in [1.29, 1.82) is 0 Å². The minimum Gasteiger partial charge on any atom is -0.475 e. The van der Waals surface area contributed by atoms with Crippen LogP contribution < -0.4 is 5.69 Å². The summed E-state index contributed by atoms with van der Waals surface area (Å²) in [5.74, 6) is -1.26. The molecule has 0 fully saturated rings. The van der Waals surface area contributed by atoms with Gasteiger partial charge in [-0.15, -0.1) is 0 Å². The monoisotopic (exact) mass is 222 g/mol. The number of carboxylic acid groups (broad SMARTS) is 1.